The maximum atomic E-state index is 12.1. The lowest BCUT2D eigenvalue weighted by Gasteiger charge is -2.23. The zero-order chi connectivity index (χ0) is 14.3. The van der Waals surface area contributed by atoms with Crippen molar-refractivity contribution >= 4 is 17.5 Å². The van der Waals surface area contributed by atoms with E-state index < -0.39 is 0 Å². The molecule has 0 bridgehead atoms. The third-order valence-electron chi connectivity index (χ3n) is 3.22. The Morgan fingerprint density at radius 3 is 2.58 bits per heavy atom. The molecule has 3 nitrogen and oxygen atoms in total. The summed E-state index contributed by atoms with van der Waals surface area (Å²) >= 11 is 1.82. The molecule has 0 heterocycles. The Balaban J connectivity index is 2.56. The molecule has 0 fully saturated rings. The molecule has 1 rings (SSSR count). The fourth-order valence-corrected chi connectivity index (χ4v) is 2.29. The summed E-state index contributed by atoms with van der Waals surface area (Å²) < 4.78 is 0. The van der Waals surface area contributed by atoms with Crippen molar-refractivity contribution in [3.8, 4) is 6.07 Å². The van der Waals surface area contributed by atoms with E-state index in [2.05, 4.69) is 24.1 Å². The van der Waals surface area contributed by atoms with Crippen LogP contribution in [-0.2, 0) is 0 Å². The van der Waals surface area contributed by atoms with Gasteiger partial charge in [-0.3, -0.25) is 9.69 Å². The van der Waals surface area contributed by atoms with Crippen LogP contribution in [0.2, 0.25) is 0 Å². The summed E-state index contributed by atoms with van der Waals surface area (Å²) in [5.41, 5.74) is 1.25. The van der Waals surface area contributed by atoms with Crippen molar-refractivity contribution in [3.05, 3.63) is 35.4 Å². The molecular weight excluding hydrogens is 256 g/mol. The summed E-state index contributed by atoms with van der Waals surface area (Å²) in [5, 5.41) is 8.72. The number of rotatable bonds is 7. The number of carbonyl (C=O) groups excluding carboxylic acids is 1. The molecule has 1 aromatic rings. The molecule has 0 amide bonds. The molecule has 102 valence electrons. The lowest BCUT2D eigenvalue weighted by molar-refractivity contribution is 0.0923. The highest BCUT2D eigenvalue weighted by Gasteiger charge is 2.14. The monoisotopic (exact) mass is 276 g/mol. The van der Waals surface area contributed by atoms with Gasteiger partial charge in [0.1, 0.15) is 0 Å². The van der Waals surface area contributed by atoms with Crippen molar-refractivity contribution in [3.63, 3.8) is 0 Å². The van der Waals surface area contributed by atoms with E-state index in [1.807, 2.05) is 18.8 Å². The molecule has 19 heavy (non-hydrogen) atoms. The van der Waals surface area contributed by atoms with Crippen molar-refractivity contribution in [2.45, 2.75) is 19.4 Å². The molecule has 0 saturated carbocycles. The molecule has 0 aliphatic heterocycles. The van der Waals surface area contributed by atoms with E-state index in [1.54, 1.807) is 24.3 Å². The maximum Gasteiger partial charge on any atom is 0.176 e. The van der Waals surface area contributed by atoms with Crippen molar-refractivity contribution in [1.29, 1.82) is 5.26 Å². The van der Waals surface area contributed by atoms with Gasteiger partial charge in [0.15, 0.2) is 5.78 Å². The molecule has 0 aliphatic carbocycles. The minimum atomic E-state index is 0.1000. The van der Waals surface area contributed by atoms with Crippen molar-refractivity contribution in [2.24, 2.45) is 0 Å². The van der Waals surface area contributed by atoms with Crippen LogP contribution >= 0.6 is 11.8 Å². The lowest BCUT2D eigenvalue weighted by atomic mass is 10.1. The number of benzene rings is 1. The van der Waals surface area contributed by atoms with E-state index in [0.717, 1.165) is 12.2 Å². The number of ketones is 1. The van der Waals surface area contributed by atoms with Gasteiger partial charge in [-0.1, -0.05) is 12.1 Å². The van der Waals surface area contributed by atoms with Crippen LogP contribution in [0.5, 0.6) is 0 Å². The molecule has 0 aliphatic rings. The summed E-state index contributed by atoms with van der Waals surface area (Å²) in [6.45, 7) is 2.56. The van der Waals surface area contributed by atoms with Gasteiger partial charge in [-0.05, 0) is 44.5 Å². The van der Waals surface area contributed by atoms with E-state index in [9.17, 15) is 4.79 Å². The fraction of sp³-hybridized carbons (Fsp3) is 0.467. The number of likely N-dealkylation sites (N-methyl/N-ethyl adjacent to an activating group) is 1. The summed E-state index contributed by atoms with van der Waals surface area (Å²) in [4.78, 5) is 14.2. The van der Waals surface area contributed by atoms with E-state index in [4.69, 9.17) is 5.26 Å². The van der Waals surface area contributed by atoms with Gasteiger partial charge < -0.3 is 0 Å². The SMILES string of the molecule is CSCCC(C)N(C)CC(=O)c1ccc(C#N)cc1. The normalized spacial score (nSPS) is 12.2. The van der Waals surface area contributed by atoms with Gasteiger partial charge in [-0.2, -0.15) is 17.0 Å². The lowest BCUT2D eigenvalue weighted by Crippen LogP contribution is -2.34. The van der Waals surface area contributed by atoms with Crippen LogP contribution in [0, 0.1) is 11.3 Å². The number of nitrogens with zero attached hydrogens (tertiary/aromatic N) is 2. The van der Waals surface area contributed by atoms with E-state index in [0.29, 0.717) is 23.7 Å². The number of hydrogen-bond donors (Lipinski definition) is 0. The third-order valence-corrected chi connectivity index (χ3v) is 3.87. The Labute approximate surface area is 119 Å². The van der Waals surface area contributed by atoms with Gasteiger partial charge in [0.05, 0.1) is 18.2 Å². The van der Waals surface area contributed by atoms with Gasteiger partial charge in [0.2, 0.25) is 0 Å². The minimum Gasteiger partial charge on any atom is -0.296 e. The van der Waals surface area contributed by atoms with Crippen molar-refractivity contribution < 1.29 is 4.79 Å². The van der Waals surface area contributed by atoms with Crippen LogP contribution < -0.4 is 0 Å². The zero-order valence-corrected chi connectivity index (χ0v) is 12.5. The molecule has 0 aromatic heterocycles. The summed E-state index contributed by atoms with van der Waals surface area (Å²) in [6.07, 6.45) is 3.17. The number of hydrogen-bond acceptors (Lipinski definition) is 4. The third kappa shape index (κ3) is 5.06. The second kappa shape index (κ2) is 7.98. The largest absolute Gasteiger partial charge is 0.296 e. The van der Waals surface area contributed by atoms with Crippen LogP contribution in [0.25, 0.3) is 0 Å². The zero-order valence-electron chi connectivity index (χ0n) is 11.7. The Morgan fingerprint density at radius 1 is 1.42 bits per heavy atom. The van der Waals surface area contributed by atoms with Crippen LogP contribution in [0.15, 0.2) is 24.3 Å². The molecule has 0 saturated heterocycles. The topological polar surface area (TPSA) is 44.1 Å². The highest BCUT2D eigenvalue weighted by molar-refractivity contribution is 7.98. The predicted molar refractivity (Wildman–Crippen MR) is 80.6 cm³/mol. The minimum absolute atomic E-state index is 0.1000. The van der Waals surface area contributed by atoms with Crippen LogP contribution in [0.4, 0.5) is 0 Å². The van der Waals surface area contributed by atoms with Crippen molar-refractivity contribution in [2.75, 3.05) is 25.6 Å². The number of Topliss-reactive ketones (excluding diaryl/α,β-unsaturated/α-hetero) is 1. The summed E-state index contributed by atoms with van der Waals surface area (Å²) in [6, 6.07) is 9.27. The highest BCUT2D eigenvalue weighted by atomic mass is 32.2. The second-order valence-electron chi connectivity index (χ2n) is 4.66. The first-order valence-electron chi connectivity index (χ1n) is 6.31. The quantitative estimate of drug-likeness (QED) is 0.718. The van der Waals surface area contributed by atoms with E-state index in [1.165, 1.54) is 0 Å². The molecular formula is C15H20N2OS. The number of carbonyl (C=O) groups is 1. The van der Waals surface area contributed by atoms with Gasteiger partial charge in [0, 0.05) is 11.6 Å². The Hall–Kier alpha value is -1.31. The molecule has 1 atom stereocenters. The number of nitriles is 1. The Morgan fingerprint density at radius 2 is 2.05 bits per heavy atom. The van der Waals surface area contributed by atoms with Crippen LogP contribution in [0.1, 0.15) is 29.3 Å². The summed E-state index contributed by atoms with van der Waals surface area (Å²) in [5.74, 6) is 1.21. The summed E-state index contributed by atoms with van der Waals surface area (Å²) in [7, 11) is 1.98. The van der Waals surface area contributed by atoms with Gasteiger partial charge in [-0.15, -0.1) is 0 Å². The average molecular weight is 276 g/mol. The Bertz CT molecular complexity index is 450. The van der Waals surface area contributed by atoms with Crippen LogP contribution in [-0.4, -0.2) is 42.3 Å². The Kier molecular flexibility index (Phi) is 6.61. The highest BCUT2D eigenvalue weighted by Crippen LogP contribution is 2.09. The fourth-order valence-electron chi connectivity index (χ4n) is 1.71. The van der Waals surface area contributed by atoms with Gasteiger partial charge in [0.25, 0.3) is 0 Å². The van der Waals surface area contributed by atoms with E-state index >= 15 is 0 Å². The first-order valence-corrected chi connectivity index (χ1v) is 7.70. The molecule has 0 spiro atoms. The first-order chi connectivity index (χ1) is 9.08. The standard InChI is InChI=1S/C15H20N2OS/c1-12(8-9-19-3)17(2)11-15(18)14-6-4-13(10-16)5-7-14/h4-7,12H,8-9,11H2,1-3H3. The molecule has 4 heteroatoms. The van der Waals surface area contributed by atoms with Gasteiger partial charge >= 0.3 is 0 Å². The molecule has 1 unspecified atom stereocenters. The van der Waals surface area contributed by atoms with Crippen LogP contribution in [0.3, 0.4) is 0 Å². The molecule has 0 radical (unpaired) electrons. The second-order valence-corrected chi connectivity index (χ2v) is 5.64. The molecule has 1 aromatic carbocycles. The van der Waals surface area contributed by atoms with Gasteiger partial charge in [-0.25, -0.2) is 0 Å². The first kappa shape index (κ1) is 15.7. The smallest absolute Gasteiger partial charge is 0.176 e. The predicted octanol–water partition coefficient (Wildman–Crippen LogP) is 2.81. The number of thioether (sulfide) groups is 1. The maximum absolute atomic E-state index is 12.1. The van der Waals surface area contributed by atoms with E-state index in [-0.39, 0.29) is 5.78 Å². The average Bonchev–Trinajstić information content (AvgIpc) is 2.44. The van der Waals surface area contributed by atoms with Crippen molar-refractivity contribution in [1.82, 2.24) is 4.90 Å². The molecule has 0 N–H and O–H groups in total.